The fourth-order valence-electron chi connectivity index (χ4n) is 3.31. The Kier molecular flexibility index (Phi) is 7.72. The molecule has 0 N–H and O–H groups in total. The molecule has 26 heavy (non-hydrogen) atoms. The Labute approximate surface area is 157 Å². The van der Waals surface area contributed by atoms with Crippen molar-refractivity contribution in [2.75, 3.05) is 54.5 Å². The molecule has 6 heteroatoms. The standard InChI is InChI=1S/C20H33N3O3/c1-16(23-12-10-21(2)11-13-23)6-9-20(24)22(3)15-17-7-8-18(25-4)19(14-17)26-5/h7-8,14,16H,6,9-13,15H2,1-5H3/t16-/m1/s1. The van der Waals surface area contributed by atoms with Gasteiger partial charge in [0.2, 0.25) is 5.91 Å². The smallest absolute Gasteiger partial charge is 0.222 e. The maximum atomic E-state index is 12.5. The first-order valence-electron chi connectivity index (χ1n) is 9.32. The van der Waals surface area contributed by atoms with E-state index in [1.807, 2.05) is 25.2 Å². The minimum absolute atomic E-state index is 0.181. The van der Waals surface area contributed by atoms with Crippen LogP contribution in [0.15, 0.2) is 18.2 Å². The van der Waals surface area contributed by atoms with Crippen LogP contribution in [0.4, 0.5) is 0 Å². The number of piperazine rings is 1. The average Bonchev–Trinajstić information content (AvgIpc) is 2.66. The van der Waals surface area contributed by atoms with Crippen molar-refractivity contribution in [3.8, 4) is 11.5 Å². The normalized spacial score (nSPS) is 17.0. The van der Waals surface area contributed by atoms with Crippen molar-refractivity contribution >= 4 is 5.91 Å². The Morgan fingerprint density at radius 1 is 1.15 bits per heavy atom. The molecular weight excluding hydrogens is 330 g/mol. The zero-order valence-electron chi connectivity index (χ0n) is 16.8. The summed E-state index contributed by atoms with van der Waals surface area (Å²) in [4.78, 5) is 19.1. The number of carbonyl (C=O) groups excluding carboxylic acids is 1. The summed E-state index contributed by atoms with van der Waals surface area (Å²) >= 11 is 0. The van der Waals surface area contributed by atoms with E-state index in [2.05, 4.69) is 23.8 Å². The fourth-order valence-corrected chi connectivity index (χ4v) is 3.31. The number of ether oxygens (including phenoxy) is 2. The molecule has 1 atom stereocenters. The highest BCUT2D eigenvalue weighted by atomic mass is 16.5. The molecule has 1 aromatic carbocycles. The predicted molar refractivity (Wildman–Crippen MR) is 104 cm³/mol. The first-order chi connectivity index (χ1) is 12.4. The molecule has 1 aliphatic heterocycles. The lowest BCUT2D eigenvalue weighted by Gasteiger charge is -2.36. The summed E-state index contributed by atoms with van der Waals surface area (Å²) in [5.74, 6) is 1.57. The van der Waals surface area contributed by atoms with Crippen LogP contribution < -0.4 is 9.47 Å². The highest BCUT2D eigenvalue weighted by Gasteiger charge is 2.20. The maximum Gasteiger partial charge on any atom is 0.222 e. The van der Waals surface area contributed by atoms with Crippen LogP contribution in [0.1, 0.15) is 25.3 Å². The number of hydrogen-bond acceptors (Lipinski definition) is 5. The second-order valence-corrected chi connectivity index (χ2v) is 7.17. The van der Waals surface area contributed by atoms with Crippen LogP contribution in [0, 0.1) is 0 Å². The molecule has 0 bridgehead atoms. The summed E-state index contributed by atoms with van der Waals surface area (Å²) in [6.45, 7) is 7.20. The molecule has 0 spiro atoms. The number of likely N-dealkylation sites (N-methyl/N-ethyl adjacent to an activating group) is 1. The highest BCUT2D eigenvalue weighted by Crippen LogP contribution is 2.28. The molecule has 1 aliphatic rings. The largest absolute Gasteiger partial charge is 0.493 e. The molecule has 0 aliphatic carbocycles. The van der Waals surface area contributed by atoms with E-state index in [4.69, 9.17) is 9.47 Å². The Hall–Kier alpha value is -1.79. The van der Waals surface area contributed by atoms with Gasteiger partial charge in [0.25, 0.3) is 0 Å². The van der Waals surface area contributed by atoms with Crippen molar-refractivity contribution in [3.63, 3.8) is 0 Å². The lowest BCUT2D eigenvalue weighted by molar-refractivity contribution is -0.130. The first kappa shape index (κ1) is 20.5. The Morgan fingerprint density at radius 3 is 2.42 bits per heavy atom. The zero-order chi connectivity index (χ0) is 19.1. The Bertz CT molecular complexity index is 586. The second kappa shape index (κ2) is 9.78. The third kappa shape index (κ3) is 5.61. The number of benzene rings is 1. The molecular formula is C20H33N3O3. The summed E-state index contributed by atoms with van der Waals surface area (Å²) in [6.07, 6.45) is 1.48. The molecule has 1 amide bonds. The van der Waals surface area contributed by atoms with Gasteiger partial charge in [-0.05, 0) is 38.1 Å². The van der Waals surface area contributed by atoms with E-state index in [0.29, 0.717) is 30.5 Å². The van der Waals surface area contributed by atoms with Crippen LogP contribution in [0.5, 0.6) is 11.5 Å². The predicted octanol–water partition coefficient (Wildman–Crippen LogP) is 2.08. The van der Waals surface area contributed by atoms with Crippen LogP contribution in [0.2, 0.25) is 0 Å². The SMILES string of the molecule is COc1ccc(CN(C)C(=O)CC[C@@H](C)N2CCN(C)CC2)cc1OC. The van der Waals surface area contributed by atoms with Gasteiger partial charge < -0.3 is 19.3 Å². The molecule has 0 radical (unpaired) electrons. The average molecular weight is 364 g/mol. The van der Waals surface area contributed by atoms with Crippen molar-refractivity contribution in [1.29, 1.82) is 0 Å². The van der Waals surface area contributed by atoms with Gasteiger partial charge in [0.05, 0.1) is 14.2 Å². The van der Waals surface area contributed by atoms with Gasteiger partial charge >= 0.3 is 0 Å². The third-order valence-corrected chi connectivity index (χ3v) is 5.23. The van der Waals surface area contributed by atoms with E-state index in [0.717, 1.165) is 38.2 Å². The van der Waals surface area contributed by atoms with Crippen LogP contribution in [-0.4, -0.2) is 81.1 Å². The minimum Gasteiger partial charge on any atom is -0.493 e. The molecule has 1 fully saturated rings. The molecule has 146 valence electrons. The van der Waals surface area contributed by atoms with Gasteiger partial charge in [0, 0.05) is 52.2 Å². The van der Waals surface area contributed by atoms with E-state index in [9.17, 15) is 4.79 Å². The summed E-state index contributed by atoms with van der Waals surface area (Å²) in [7, 11) is 7.26. The van der Waals surface area contributed by atoms with Crippen LogP contribution >= 0.6 is 0 Å². The topological polar surface area (TPSA) is 45.2 Å². The van der Waals surface area contributed by atoms with Crippen LogP contribution in [-0.2, 0) is 11.3 Å². The number of methoxy groups -OCH3 is 2. The first-order valence-corrected chi connectivity index (χ1v) is 9.32. The maximum absolute atomic E-state index is 12.5. The van der Waals surface area contributed by atoms with Gasteiger partial charge in [0.15, 0.2) is 11.5 Å². The van der Waals surface area contributed by atoms with Gasteiger partial charge in [0.1, 0.15) is 0 Å². The van der Waals surface area contributed by atoms with Crippen molar-refractivity contribution in [3.05, 3.63) is 23.8 Å². The molecule has 1 heterocycles. The summed E-state index contributed by atoms with van der Waals surface area (Å²) in [5.41, 5.74) is 1.03. The fraction of sp³-hybridized carbons (Fsp3) is 0.650. The van der Waals surface area contributed by atoms with E-state index in [-0.39, 0.29) is 5.91 Å². The molecule has 1 saturated heterocycles. The quantitative estimate of drug-likeness (QED) is 0.708. The van der Waals surface area contributed by atoms with E-state index in [1.54, 1.807) is 19.1 Å². The van der Waals surface area contributed by atoms with Gasteiger partial charge in [-0.2, -0.15) is 0 Å². The van der Waals surface area contributed by atoms with Crippen molar-refractivity contribution < 1.29 is 14.3 Å². The molecule has 1 aromatic rings. The summed E-state index contributed by atoms with van der Waals surface area (Å²) in [6, 6.07) is 6.22. The molecule has 2 rings (SSSR count). The zero-order valence-corrected chi connectivity index (χ0v) is 16.8. The Morgan fingerprint density at radius 2 is 1.81 bits per heavy atom. The lowest BCUT2D eigenvalue weighted by Crippen LogP contribution is -2.48. The van der Waals surface area contributed by atoms with Crippen molar-refractivity contribution in [2.45, 2.75) is 32.4 Å². The van der Waals surface area contributed by atoms with Crippen molar-refractivity contribution in [1.82, 2.24) is 14.7 Å². The van der Waals surface area contributed by atoms with Crippen LogP contribution in [0.3, 0.4) is 0 Å². The van der Waals surface area contributed by atoms with Gasteiger partial charge in [-0.3, -0.25) is 9.69 Å². The number of rotatable bonds is 8. The van der Waals surface area contributed by atoms with Gasteiger partial charge in [-0.25, -0.2) is 0 Å². The molecule has 6 nitrogen and oxygen atoms in total. The Balaban J connectivity index is 1.82. The van der Waals surface area contributed by atoms with E-state index < -0.39 is 0 Å². The van der Waals surface area contributed by atoms with E-state index >= 15 is 0 Å². The molecule has 0 saturated carbocycles. The lowest BCUT2D eigenvalue weighted by atomic mass is 10.1. The third-order valence-electron chi connectivity index (χ3n) is 5.23. The number of nitrogens with zero attached hydrogens (tertiary/aromatic N) is 3. The monoisotopic (exact) mass is 363 g/mol. The number of hydrogen-bond donors (Lipinski definition) is 0. The highest BCUT2D eigenvalue weighted by molar-refractivity contribution is 5.75. The number of carbonyl (C=O) groups is 1. The summed E-state index contributed by atoms with van der Waals surface area (Å²) < 4.78 is 10.6. The van der Waals surface area contributed by atoms with Gasteiger partial charge in [-0.15, -0.1) is 0 Å². The number of amides is 1. The van der Waals surface area contributed by atoms with Crippen LogP contribution in [0.25, 0.3) is 0 Å². The van der Waals surface area contributed by atoms with E-state index in [1.165, 1.54) is 0 Å². The minimum atomic E-state index is 0.181. The molecule has 0 unspecified atom stereocenters. The summed E-state index contributed by atoms with van der Waals surface area (Å²) in [5, 5.41) is 0. The molecule has 0 aromatic heterocycles. The van der Waals surface area contributed by atoms with Crippen molar-refractivity contribution in [2.24, 2.45) is 0 Å². The van der Waals surface area contributed by atoms with Gasteiger partial charge in [-0.1, -0.05) is 6.07 Å². The second-order valence-electron chi connectivity index (χ2n) is 7.17.